The molecule has 3 heterocycles. The van der Waals surface area contributed by atoms with Crippen molar-refractivity contribution in [1.82, 2.24) is 9.55 Å². The largest absolute Gasteiger partial charge is 0.481 e. The van der Waals surface area contributed by atoms with Crippen LogP contribution in [0.5, 0.6) is 0 Å². The van der Waals surface area contributed by atoms with Gasteiger partial charge in [0.15, 0.2) is 6.10 Å². The summed E-state index contributed by atoms with van der Waals surface area (Å²) in [6, 6.07) is 1.23. The molecule has 8 N–H and O–H groups in total. The number of unbranched alkanes of at least 4 members (excludes halogenated alkanes) is 7. The predicted octanol–water partition coefficient (Wildman–Crippen LogP) is 5.72. The zero-order valence-corrected chi connectivity index (χ0v) is 41.6. The van der Waals surface area contributed by atoms with Crippen molar-refractivity contribution in [3.8, 4) is 0 Å². The number of aromatic nitrogens is 2. The number of rotatable bonds is 18. The molecule has 12 atom stereocenters. The van der Waals surface area contributed by atoms with E-state index in [-0.39, 0.29) is 25.1 Å². The maximum absolute atomic E-state index is 14.3. The molecule has 3 rings (SSSR count). The fourth-order valence-electron chi connectivity index (χ4n) is 8.00. The van der Waals surface area contributed by atoms with Crippen LogP contribution in [-0.2, 0) is 51.1 Å². The van der Waals surface area contributed by atoms with Crippen LogP contribution in [0.25, 0.3) is 0 Å². The van der Waals surface area contributed by atoms with Crippen molar-refractivity contribution < 1.29 is 81.3 Å². The number of anilines is 1. The molecule has 0 amide bonds. The number of nitrogen functional groups attached to an aromatic ring is 1. The standard InChI is InChI=1S/C45H77N3O18P2/c1-4-6-13-19-32(49)23-24-34-36(50)27-37(51)35-20-15-11-12-16-21-40(52)61-28-33(64-41(53)22-17-10-8-7-9-14-18-31(3)5-2)29-62-67(57,58)66-68(59,60)63-30-38(43(55)42(34)54)65-44(35)48-26-25-39(46)47-45(48)56/h23-26,31-36,38,42-44,49-50,54-55H,4-22,27-30H2,1-3H3,(H,57,58)(H,59,60)(H2,46,47,56)/b24-23+/t31?,32-,33+,34-,35-,36+,38+,42-,43+,44+/m0/s1. The molecule has 68 heavy (non-hydrogen) atoms. The highest BCUT2D eigenvalue weighted by atomic mass is 31.3. The van der Waals surface area contributed by atoms with Gasteiger partial charge in [-0.25, -0.2) is 13.9 Å². The van der Waals surface area contributed by atoms with E-state index in [9.17, 15) is 58.5 Å². The minimum atomic E-state index is -5.71. The number of ether oxygens (including phenoxy) is 3. The number of carbonyl (C=O) groups excluding carboxylic acids is 3. The second kappa shape index (κ2) is 30.7. The normalized spacial score (nSPS) is 31.1. The number of nitrogens with zero attached hydrogens (tertiary/aromatic N) is 2. The number of phosphoric acid groups is 2. The Hall–Kier alpha value is -2.91. The third kappa shape index (κ3) is 22.0. The van der Waals surface area contributed by atoms with Crippen molar-refractivity contribution >= 4 is 39.2 Å². The summed E-state index contributed by atoms with van der Waals surface area (Å²) in [7, 11) is -11.3. The van der Waals surface area contributed by atoms with Crippen molar-refractivity contribution in [2.45, 2.75) is 192 Å². The van der Waals surface area contributed by atoms with Gasteiger partial charge in [0, 0.05) is 31.4 Å². The van der Waals surface area contributed by atoms with Crippen LogP contribution >= 0.6 is 15.6 Å². The summed E-state index contributed by atoms with van der Waals surface area (Å²) in [5, 5.41) is 45.5. The van der Waals surface area contributed by atoms with Crippen LogP contribution in [0.15, 0.2) is 29.2 Å². The summed E-state index contributed by atoms with van der Waals surface area (Å²) in [6.45, 7) is 3.67. The van der Waals surface area contributed by atoms with Crippen molar-refractivity contribution in [2.75, 3.05) is 25.6 Å². The number of esters is 2. The lowest BCUT2D eigenvalue weighted by molar-refractivity contribution is -0.184. The maximum atomic E-state index is 14.3. The van der Waals surface area contributed by atoms with E-state index in [0.717, 1.165) is 55.9 Å². The number of nitrogens with two attached hydrogens (primary N) is 1. The Balaban J connectivity index is 1.91. The van der Waals surface area contributed by atoms with E-state index < -0.39 is 120 Å². The Labute approximate surface area is 399 Å². The molecule has 2 aliphatic rings. The van der Waals surface area contributed by atoms with Crippen molar-refractivity contribution in [3.05, 3.63) is 34.9 Å². The van der Waals surface area contributed by atoms with Gasteiger partial charge in [0.05, 0.1) is 37.4 Å². The van der Waals surface area contributed by atoms with Crippen LogP contribution in [0.3, 0.4) is 0 Å². The minimum absolute atomic E-state index is 0.00156. The van der Waals surface area contributed by atoms with Gasteiger partial charge in [0.1, 0.15) is 36.6 Å². The first kappa shape index (κ1) is 59.4. The van der Waals surface area contributed by atoms with Crippen molar-refractivity contribution in [3.63, 3.8) is 0 Å². The molecule has 2 saturated heterocycles. The number of hydrogen-bond donors (Lipinski definition) is 7. The van der Waals surface area contributed by atoms with Crippen molar-refractivity contribution in [1.29, 1.82) is 0 Å². The monoisotopic (exact) mass is 1010 g/mol. The first-order chi connectivity index (χ1) is 32.3. The van der Waals surface area contributed by atoms with Gasteiger partial charge in [0.25, 0.3) is 0 Å². The van der Waals surface area contributed by atoms with Crippen molar-refractivity contribution in [2.24, 2.45) is 17.8 Å². The molecular weight excluding hydrogens is 932 g/mol. The molecule has 3 unspecified atom stereocenters. The van der Waals surface area contributed by atoms with Gasteiger partial charge in [-0.2, -0.15) is 9.29 Å². The number of phosphoric ester groups is 2. The number of aliphatic hydroxyl groups excluding tert-OH is 4. The van der Waals surface area contributed by atoms with E-state index in [0.29, 0.717) is 50.9 Å². The van der Waals surface area contributed by atoms with Crippen LogP contribution in [0.2, 0.25) is 0 Å². The molecule has 21 nitrogen and oxygen atoms in total. The van der Waals surface area contributed by atoms with E-state index in [2.05, 4.69) is 23.1 Å². The fraction of sp³-hybridized carbons (Fsp3) is 0.800. The third-order valence-electron chi connectivity index (χ3n) is 12.3. The average molecular weight is 1010 g/mol. The number of ketones is 1. The molecule has 0 aromatic carbocycles. The fourth-order valence-corrected chi connectivity index (χ4v) is 10.1. The van der Waals surface area contributed by atoms with Crippen LogP contribution < -0.4 is 11.4 Å². The predicted molar refractivity (Wildman–Crippen MR) is 248 cm³/mol. The first-order valence-electron chi connectivity index (χ1n) is 24.2. The molecule has 0 saturated carbocycles. The molecule has 2 aliphatic heterocycles. The van der Waals surface area contributed by atoms with E-state index in [1.807, 2.05) is 6.92 Å². The molecule has 390 valence electrons. The molecule has 2 fully saturated rings. The number of fused-ring (bicyclic) bond motifs is 3. The summed E-state index contributed by atoms with van der Waals surface area (Å²) in [4.78, 5) is 78.2. The second-order valence-electron chi connectivity index (χ2n) is 18.0. The Kier molecular flexibility index (Phi) is 26.9. The van der Waals surface area contributed by atoms with Crippen LogP contribution in [0.4, 0.5) is 5.82 Å². The lowest BCUT2D eigenvalue weighted by atomic mass is 9.83. The number of aliphatic hydroxyl groups is 4. The molecule has 0 spiro atoms. The van der Waals surface area contributed by atoms with Crippen LogP contribution in [-0.4, -0.2) is 114 Å². The highest BCUT2D eigenvalue weighted by molar-refractivity contribution is 7.61. The van der Waals surface area contributed by atoms with E-state index in [1.165, 1.54) is 30.8 Å². The SMILES string of the molecule is CCCCC[C@H](O)/C=C/[C@@H]1[C@H](O)[C@H](O)[C@H]2COP(=O)(O)OP(=O)(O)OC[C@H](OC(=O)CCCCCCCCC(C)CC)COC(=O)CCCCCC[C@@H](C(=O)C[C@H]1O)[C@H](n1ccc(N)nc1=O)O2. The zero-order valence-electron chi connectivity index (χ0n) is 39.8. The van der Waals surface area contributed by atoms with Gasteiger partial charge in [-0.3, -0.25) is 28.0 Å². The Morgan fingerprint density at radius 1 is 0.912 bits per heavy atom. The lowest BCUT2D eigenvalue weighted by Gasteiger charge is -2.38. The highest BCUT2D eigenvalue weighted by Gasteiger charge is 2.45. The summed E-state index contributed by atoms with van der Waals surface area (Å²) >= 11 is 0. The zero-order chi connectivity index (χ0) is 50.3. The van der Waals surface area contributed by atoms with Gasteiger partial charge in [0.2, 0.25) is 0 Å². The van der Waals surface area contributed by atoms with E-state index in [4.69, 9.17) is 29.0 Å². The van der Waals surface area contributed by atoms with Gasteiger partial charge < -0.3 is 50.2 Å². The van der Waals surface area contributed by atoms with Crippen LogP contribution in [0, 0.1) is 17.8 Å². The molecule has 2 bridgehead atoms. The van der Waals surface area contributed by atoms with Gasteiger partial charge in [-0.15, -0.1) is 0 Å². The summed E-state index contributed by atoms with van der Waals surface area (Å²) < 4.78 is 58.8. The first-order valence-corrected chi connectivity index (χ1v) is 27.2. The molecule has 1 aromatic rings. The second-order valence-corrected chi connectivity index (χ2v) is 21.0. The van der Waals surface area contributed by atoms with E-state index in [1.54, 1.807) is 0 Å². The molecule has 0 radical (unpaired) electrons. The topological polar surface area (TPSA) is 323 Å². The Morgan fingerprint density at radius 3 is 2.26 bits per heavy atom. The number of hydrogen-bond acceptors (Lipinski definition) is 18. The Morgan fingerprint density at radius 2 is 1.57 bits per heavy atom. The number of cyclic esters (lactones) is 1. The average Bonchev–Trinajstić information content (AvgIpc) is 3.27. The lowest BCUT2D eigenvalue weighted by Crippen LogP contribution is -2.51. The Bertz CT molecular complexity index is 1870. The van der Waals surface area contributed by atoms with Gasteiger partial charge >= 0.3 is 33.3 Å². The highest BCUT2D eigenvalue weighted by Crippen LogP contribution is 2.60. The molecular formula is C45H77N3O18P2. The van der Waals surface area contributed by atoms with Crippen LogP contribution in [0.1, 0.15) is 155 Å². The molecule has 0 aliphatic carbocycles. The number of carbonyl (C=O) groups is 3. The number of Topliss-reactive ketones (excluding diaryl/α,β-unsaturated/α-hetero) is 1. The van der Waals surface area contributed by atoms with E-state index >= 15 is 0 Å². The van der Waals surface area contributed by atoms with Gasteiger partial charge in [-0.1, -0.05) is 116 Å². The third-order valence-corrected chi connectivity index (χ3v) is 14.9. The van der Waals surface area contributed by atoms with Gasteiger partial charge in [-0.05, 0) is 37.7 Å². The smallest absolute Gasteiger partial charge is 0.462 e. The quantitative estimate of drug-likeness (QED) is 0.0400. The molecule has 23 heteroatoms. The molecule has 1 aromatic heterocycles. The maximum Gasteiger partial charge on any atom is 0.481 e. The summed E-state index contributed by atoms with van der Waals surface area (Å²) in [5.41, 5.74) is 4.75. The summed E-state index contributed by atoms with van der Waals surface area (Å²) in [6.07, 6.45) is 3.15. The summed E-state index contributed by atoms with van der Waals surface area (Å²) in [5.74, 6) is -4.25. The minimum Gasteiger partial charge on any atom is -0.462 e.